The Morgan fingerprint density at radius 1 is 1.26 bits per heavy atom. The summed E-state index contributed by atoms with van der Waals surface area (Å²) in [5, 5.41) is 13.3. The van der Waals surface area contributed by atoms with E-state index in [-0.39, 0.29) is 39.2 Å². The summed E-state index contributed by atoms with van der Waals surface area (Å²) in [7, 11) is 1.42. The van der Waals surface area contributed by atoms with Crippen LogP contribution in [0.15, 0.2) is 52.0 Å². The SMILES string of the molecule is COc1c(Cl)cc(/C(O)=C2/C(=O)C(=O)N(Cc3ccco3)C2c2sccc2C)cc1Cl. The molecular formula is C22H17Cl2NO5S. The summed E-state index contributed by atoms with van der Waals surface area (Å²) in [6.07, 6.45) is 1.50. The molecule has 1 amide bonds. The van der Waals surface area contributed by atoms with E-state index in [0.29, 0.717) is 5.76 Å². The summed E-state index contributed by atoms with van der Waals surface area (Å²) in [5.74, 6) is -1.09. The van der Waals surface area contributed by atoms with Crippen molar-refractivity contribution in [2.75, 3.05) is 7.11 Å². The Labute approximate surface area is 192 Å². The molecule has 1 aliphatic rings. The van der Waals surface area contributed by atoms with E-state index in [2.05, 4.69) is 0 Å². The summed E-state index contributed by atoms with van der Waals surface area (Å²) in [4.78, 5) is 28.2. The van der Waals surface area contributed by atoms with Crippen LogP contribution in [-0.2, 0) is 16.1 Å². The number of nitrogens with zero attached hydrogens (tertiary/aromatic N) is 1. The van der Waals surface area contributed by atoms with Gasteiger partial charge in [0.05, 0.1) is 35.5 Å². The highest BCUT2D eigenvalue weighted by molar-refractivity contribution is 7.10. The van der Waals surface area contributed by atoms with Crippen molar-refractivity contribution in [2.24, 2.45) is 0 Å². The molecule has 9 heteroatoms. The van der Waals surface area contributed by atoms with Gasteiger partial charge in [0.15, 0.2) is 5.75 Å². The van der Waals surface area contributed by atoms with Crippen molar-refractivity contribution in [1.29, 1.82) is 0 Å². The first-order chi connectivity index (χ1) is 14.8. The standard InChI is InChI=1S/C22H17Cl2NO5S/c1-11-5-7-31-21(11)17-16(18(26)12-8-14(23)20(29-2)15(24)9-12)19(27)22(28)25(17)10-13-4-3-6-30-13/h3-9,17,26H,10H2,1-2H3/b18-16-. The fourth-order valence-electron chi connectivity index (χ4n) is 3.60. The topological polar surface area (TPSA) is 80.0 Å². The second-order valence-corrected chi connectivity index (χ2v) is 8.71. The number of methoxy groups -OCH3 is 1. The number of likely N-dealkylation sites (tertiary alicyclic amines) is 1. The van der Waals surface area contributed by atoms with Gasteiger partial charge in [0.2, 0.25) is 0 Å². The van der Waals surface area contributed by atoms with Crippen molar-refractivity contribution in [1.82, 2.24) is 4.90 Å². The first-order valence-electron chi connectivity index (χ1n) is 9.21. The Bertz CT molecular complexity index is 1180. The molecule has 31 heavy (non-hydrogen) atoms. The number of rotatable bonds is 5. The van der Waals surface area contributed by atoms with E-state index in [1.54, 1.807) is 12.1 Å². The second-order valence-electron chi connectivity index (χ2n) is 6.95. The van der Waals surface area contributed by atoms with E-state index in [9.17, 15) is 14.7 Å². The molecule has 3 aromatic rings. The molecule has 1 atom stereocenters. The predicted molar refractivity (Wildman–Crippen MR) is 119 cm³/mol. The lowest BCUT2D eigenvalue weighted by Gasteiger charge is -2.24. The Morgan fingerprint density at radius 2 is 1.97 bits per heavy atom. The number of carbonyl (C=O) groups is 2. The molecule has 1 unspecified atom stereocenters. The molecule has 1 saturated heterocycles. The highest BCUT2D eigenvalue weighted by atomic mass is 35.5. The number of ketones is 1. The molecular weight excluding hydrogens is 461 g/mol. The van der Waals surface area contributed by atoms with Gasteiger partial charge in [-0.2, -0.15) is 0 Å². The molecule has 4 rings (SSSR count). The van der Waals surface area contributed by atoms with E-state index < -0.39 is 17.7 Å². The number of thiophene rings is 1. The summed E-state index contributed by atoms with van der Waals surface area (Å²) in [6.45, 7) is 1.97. The van der Waals surface area contributed by atoms with Gasteiger partial charge >= 0.3 is 0 Å². The zero-order chi connectivity index (χ0) is 22.3. The number of benzene rings is 1. The van der Waals surface area contributed by atoms with Crippen LogP contribution in [0.3, 0.4) is 0 Å². The van der Waals surface area contributed by atoms with Crippen LogP contribution in [0.5, 0.6) is 5.75 Å². The fourth-order valence-corrected chi connectivity index (χ4v) is 5.29. The molecule has 0 bridgehead atoms. The minimum atomic E-state index is -0.787. The van der Waals surface area contributed by atoms with Gasteiger partial charge in [0.1, 0.15) is 17.6 Å². The first kappa shape index (κ1) is 21.5. The normalized spacial score (nSPS) is 18.1. The number of ether oxygens (including phenoxy) is 1. The van der Waals surface area contributed by atoms with Gasteiger partial charge in [-0.15, -0.1) is 11.3 Å². The molecule has 1 aliphatic heterocycles. The van der Waals surface area contributed by atoms with Crippen LogP contribution in [0, 0.1) is 6.92 Å². The van der Waals surface area contributed by atoms with Crippen LogP contribution >= 0.6 is 34.5 Å². The van der Waals surface area contributed by atoms with Gasteiger partial charge in [-0.05, 0) is 48.2 Å². The van der Waals surface area contributed by atoms with Crippen LogP contribution < -0.4 is 4.74 Å². The van der Waals surface area contributed by atoms with Crippen LogP contribution in [0.1, 0.15) is 27.8 Å². The fraction of sp³-hybridized carbons (Fsp3) is 0.182. The summed E-state index contributed by atoms with van der Waals surface area (Å²) < 4.78 is 10.5. The van der Waals surface area contributed by atoms with Gasteiger partial charge in [0.25, 0.3) is 11.7 Å². The molecule has 0 aliphatic carbocycles. The van der Waals surface area contributed by atoms with Crippen molar-refractivity contribution >= 4 is 52.0 Å². The van der Waals surface area contributed by atoms with Crippen LogP contribution in [0.2, 0.25) is 10.0 Å². The third-order valence-electron chi connectivity index (χ3n) is 5.07. The highest BCUT2D eigenvalue weighted by Crippen LogP contribution is 2.44. The smallest absolute Gasteiger partial charge is 0.296 e. The number of Topliss-reactive ketones (excluding diaryl/α,β-unsaturated/α-hetero) is 1. The summed E-state index contributed by atoms with van der Waals surface area (Å²) in [6, 6.07) is 7.44. The van der Waals surface area contributed by atoms with Gasteiger partial charge < -0.3 is 19.2 Å². The van der Waals surface area contributed by atoms with Crippen LogP contribution in [-0.4, -0.2) is 28.8 Å². The molecule has 0 saturated carbocycles. The lowest BCUT2D eigenvalue weighted by atomic mass is 9.98. The third-order valence-corrected chi connectivity index (χ3v) is 6.70. The molecule has 6 nitrogen and oxygen atoms in total. The van der Waals surface area contributed by atoms with Crippen molar-refractivity contribution in [3.05, 3.63) is 79.4 Å². The third kappa shape index (κ3) is 3.73. The summed E-state index contributed by atoms with van der Waals surface area (Å²) in [5.41, 5.74) is 1.09. The number of aliphatic hydroxyl groups is 1. The Morgan fingerprint density at radius 3 is 2.52 bits per heavy atom. The van der Waals surface area contributed by atoms with Crippen molar-refractivity contribution in [3.63, 3.8) is 0 Å². The zero-order valence-electron chi connectivity index (χ0n) is 16.5. The zero-order valence-corrected chi connectivity index (χ0v) is 18.8. The largest absolute Gasteiger partial charge is 0.507 e. The number of hydrogen-bond donors (Lipinski definition) is 1. The van der Waals surface area contributed by atoms with E-state index in [4.69, 9.17) is 32.4 Å². The predicted octanol–water partition coefficient (Wildman–Crippen LogP) is 5.59. The van der Waals surface area contributed by atoms with Gasteiger partial charge in [-0.3, -0.25) is 9.59 Å². The Balaban J connectivity index is 1.89. The average molecular weight is 478 g/mol. The minimum absolute atomic E-state index is 0.0283. The van der Waals surface area contributed by atoms with E-state index in [0.717, 1.165) is 10.4 Å². The van der Waals surface area contributed by atoms with E-state index >= 15 is 0 Å². The number of carbonyl (C=O) groups excluding carboxylic acids is 2. The first-order valence-corrected chi connectivity index (χ1v) is 10.8. The van der Waals surface area contributed by atoms with E-state index in [1.807, 2.05) is 18.4 Å². The van der Waals surface area contributed by atoms with Crippen molar-refractivity contribution in [3.8, 4) is 5.75 Å². The Kier molecular flexibility index (Phi) is 5.83. The Hall–Kier alpha value is -2.74. The van der Waals surface area contributed by atoms with Crippen molar-refractivity contribution < 1.29 is 23.8 Å². The summed E-state index contributed by atoms with van der Waals surface area (Å²) >= 11 is 13.8. The average Bonchev–Trinajstić information content (AvgIpc) is 3.45. The number of aliphatic hydroxyl groups excluding tert-OH is 1. The van der Waals surface area contributed by atoms with Gasteiger partial charge in [-0.1, -0.05) is 23.2 Å². The molecule has 1 fully saturated rings. The van der Waals surface area contributed by atoms with Crippen molar-refractivity contribution in [2.45, 2.75) is 19.5 Å². The maximum absolute atomic E-state index is 13.0. The molecule has 0 spiro atoms. The second kappa shape index (κ2) is 8.42. The number of halogens is 2. The number of amides is 1. The molecule has 0 radical (unpaired) electrons. The quantitative estimate of drug-likeness (QED) is 0.294. The molecule has 1 aromatic carbocycles. The molecule has 2 aromatic heterocycles. The molecule has 3 heterocycles. The maximum Gasteiger partial charge on any atom is 0.296 e. The van der Waals surface area contributed by atoms with Gasteiger partial charge in [0, 0.05) is 10.4 Å². The number of furan rings is 1. The number of aryl methyl sites for hydroxylation is 1. The molecule has 1 N–H and O–H groups in total. The highest BCUT2D eigenvalue weighted by Gasteiger charge is 2.47. The molecule has 160 valence electrons. The van der Waals surface area contributed by atoms with Gasteiger partial charge in [-0.25, -0.2) is 0 Å². The maximum atomic E-state index is 13.0. The number of hydrogen-bond acceptors (Lipinski definition) is 6. The van der Waals surface area contributed by atoms with Crippen LogP contribution in [0.25, 0.3) is 5.76 Å². The minimum Gasteiger partial charge on any atom is -0.507 e. The monoisotopic (exact) mass is 477 g/mol. The lowest BCUT2D eigenvalue weighted by molar-refractivity contribution is -0.140. The van der Waals surface area contributed by atoms with E-state index in [1.165, 1.54) is 41.7 Å². The van der Waals surface area contributed by atoms with Crippen LogP contribution in [0.4, 0.5) is 0 Å². The lowest BCUT2D eigenvalue weighted by Crippen LogP contribution is -2.28.